The molecule has 2 aromatic carbocycles. The summed E-state index contributed by atoms with van der Waals surface area (Å²) in [7, 11) is 1.53. The molecular weight excluding hydrogens is 686 g/mol. The van der Waals surface area contributed by atoms with Gasteiger partial charge in [-0.2, -0.15) is 9.97 Å². The number of alkyl halides is 1. The molecule has 0 spiro atoms. The van der Waals surface area contributed by atoms with Crippen LogP contribution in [0.25, 0.3) is 32.9 Å². The quantitative estimate of drug-likeness (QED) is 0.201. The summed E-state index contributed by atoms with van der Waals surface area (Å²) in [5.74, 6) is 0.985. The molecule has 0 saturated carbocycles. The second-order valence-corrected chi connectivity index (χ2v) is 16.0. The van der Waals surface area contributed by atoms with Gasteiger partial charge in [0, 0.05) is 37.6 Å². The zero-order valence-corrected chi connectivity index (χ0v) is 30.4. The van der Waals surface area contributed by atoms with E-state index in [0.717, 1.165) is 32.2 Å². The number of carbonyl (C=O) groups is 1. The molecule has 53 heavy (non-hydrogen) atoms. The van der Waals surface area contributed by atoms with Crippen LogP contribution in [0.15, 0.2) is 36.4 Å². The van der Waals surface area contributed by atoms with Crippen LogP contribution in [-0.4, -0.2) is 113 Å². The third-order valence-corrected chi connectivity index (χ3v) is 11.4. The number of pyridine rings is 1. The predicted octanol–water partition coefficient (Wildman–Crippen LogP) is 6.27. The van der Waals surface area contributed by atoms with Gasteiger partial charge >= 0.3 is 12.1 Å². The molecule has 4 fully saturated rings. The molecule has 0 aliphatic carbocycles. The largest absolute Gasteiger partial charge is 0.475 e. The normalized spacial score (nSPS) is 26.4. The monoisotopic (exact) mass is 730 g/mol. The standard InChI is InChI=1S/C39H44F2N6O6/c1-38(2,3)53-37(48)47-24-9-10-30(47)31-19-50-35-33-29(15-28(42-35)26-14-25(52-21-49-4)13-22-7-5-8-27(41)32(22)26)43-36(44-34(33)46(31)18-24)51-20-39-11-6-12-45(39)17-23(40)16-39/h5,7-8,13-15,23-24,30-31H,6,9-12,16-21H2,1-4H3/t23-,24-,30+,31+,39-/m1/s1. The van der Waals surface area contributed by atoms with Gasteiger partial charge in [0.1, 0.15) is 47.8 Å². The van der Waals surface area contributed by atoms with Gasteiger partial charge in [-0.25, -0.2) is 18.6 Å². The average molecular weight is 731 g/mol. The van der Waals surface area contributed by atoms with E-state index < -0.39 is 23.1 Å². The van der Waals surface area contributed by atoms with E-state index in [2.05, 4.69) is 9.80 Å². The van der Waals surface area contributed by atoms with E-state index in [1.807, 2.05) is 31.7 Å². The molecule has 9 rings (SSSR count). The van der Waals surface area contributed by atoms with Crippen LogP contribution in [0.4, 0.5) is 19.4 Å². The summed E-state index contributed by atoms with van der Waals surface area (Å²) in [5.41, 5.74) is 0.392. The van der Waals surface area contributed by atoms with Gasteiger partial charge in [-0.3, -0.25) is 9.80 Å². The van der Waals surface area contributed by atoms with E-state index in [4.69, 9.17) is 38.6 Å². The van der Waals surface area contributed by atoms with Gasteiger partial charge in [0.2, 0.25) is 5.88 Å². The molecule has 12 nitrogen and oxygen atoms in total. The van der Waals surface area contributed by atoms with Crippen LogP contribution in [-0.2, 0) is 9.47 Å². The van der Waals surface area contributed by atoms with Crippen molar-refractivity contribution in [2.45, 2.75) is 88.3 Å². The molecule has 0 unspecified atom stereocenters. The fourth-order valence-electron chi connectivity index (χ4n) is 9.26. The molecule has 280 valence electrons. The van der Waals surface area contributed by atoms with Crippen molar-refractivity contribution in [1.29, 1.82) is 0 Å². The summed E-state index contributed by atoms with van der Waals surface area (Å²) in [4.78, 5) is 34.8. The smallest absolute Gasteiger partial charge is 0.410 e. The molecule has 0 radical (unpaired) electrons. The minimum absolute atomic E-state index is 0.0127. The highest BCUT2D eigenvalue weighted by Gasteiger charge is 2.52. The molecule has 0 N–H and O–H groups in total. The van der Waals surface area contributed by atoms with Gasteiger partial charge in [0.05, 0.1) is 34.9 Å². The molecule has 2 bridgehead atoms. The number of aromatic nitrogens is 3. The number of benzene rings is 2. The van der Waals surface area contributed by atoms with E-state index in [1.54, 1.807) is 24.3 Å². The lowest BCUT2D eigenvalue weighted by Gasteiger charge is -2.46. The van der Waals surface area contributed by atoms with Crippen molar-refractivity contribution in [3.05, 3.63) is 42.2 Å². The number of ether oxygens (including phenoxy) is 5. The summed E-state index contributed by atoms with van der Waals surface area (Å²) in [6.45, 7) is 7.86. The Hall–Kier alpha value is -4.56. The number of piperazine rings is 1. The summed E-state index contributed by atoms with van der Waals surface area (Å²) < 4.78 is 60.2. The van der Waals surface area contributed by atoms with Gasteiger partial charge in [-0.15, -0.1) is 0 Å². The zero-order valence-electron chi connectivity index (χ0n) is 30.4. The Morgan fingerprint density at radius 3 is 2.75 bits per heavy atom. The van der Waals surface area contributed by atoms with Crippen molar-refractivity contribution in [2.24, 2.45) is 0 Å². The number of methoxy groups -OCH3 is 1. The van der Waals surface area contributed by atoms with Crippen LogP contribution in [0.5, 0.6) is 17.6 Å². The highest BCUT2D eigenvalue weighted by molar-refractivity contribution is 6.01. The van der Waals surface area contributed by atoms with E-state index in [-0.39, 0.29) is 50.2 Å². The Morgan fingerprint density at radius 1 is 1.06 bits per heavy atom. The number of anilines is 1. The third kappa shape index (κ3) is 5.94. The van der Waals surface area contributed by atoms with Crippen LogP contribution in [0.3, 0.4) is 0 Å². The van der Waals surface area contributed by atoms with Crippen LogP contribution in [0.2, 0.25) is 0 Å². The molecule has 7 heterocycles. The Labute approximate surface area is 306 Å². The highest BCUT2D eigenvalue weighted by Crippen LogP contribution is 2.46. The lowest BCUT2D eigenvalue weighted by molar-refractivity contribution is 0.00537. The summed E-state index contributed by atoms with van der Waals surface area (Å²) in [6.07, 6.45) is 2.61. The van der Waals surface area contributed by atoms with Crippen molar-refractivity contribution in [3.63, 3.8) is 0 Å². The van der Waals surface area contributed by atoms with Crippen molar-refractivity contribution in [1.82, 2.24) is 24.8 Å². The number of halogens is 2. The topological polar surface area (TPSA) is 112 Å². The van der Waals surface area contributed by atoms with Crippen molar-refractivity contribution in [3.8, 4) is 28.9 Å². The minimum atomic E-state index is -0.897. The predicted molar refractivity (Wildman–Crippen MR) is 193 cm³/mol. The van der Waals surface area contributed by atoms with Gasteiger partial charge in [-0.05, 0) is 82.7 Å². The molecule has 5 aliphatic rings. The SMILES string of the molecule is COCOc1cc(-c2cc3nc(OC[C@]45CCCN4C[C@H](F)C5)nc4c3c(n2)OC[C@H]2[C@@H]3CC[C@H](CN42)N3C(=O)OC(C)(C)C)c2c(F)cccc2c1. The minimum Gasteiger partial charge on any atom is -0.475 e. The Morgan fingerprint density at radius 2 is 1.92 bits per heavy atom. The van der Waals surface area contributed by atoms with E-state index in [0.29, 0.717) is 69.9 Å². The van der Waals surface area contributed by atoms with E-state index in [1.165, 1.54) is 13.2 Å². The van der Waals surface area contributed by atoms with Gasteiger partial charge in [0.15, 0.2) is 6.79 Å². The van der Waals surface area contributed by atoms with Crippen molar-refractivity contribution >= 4 is 33.6 Å². The summed E-state index contributed by atoms with van der Waals surface area (Å²) in [6, 6.07) is 9.82. The first-order valence-corrected chi connectivity index (χ1v) is 18.5. The highest BCUT2D eigenvalue weighted by atomic mass is 19.1. The van der Waals surface area contributed by atoms with E-state index in [9.17, 15) is 9.18 Å². The second-order valence-electron chi connectivity index (χ2n) is 16.0. The van der Waals surface area contributed by atoms with Gasteiger partial charge in [-0.1, -0.05) is 12.1 Å². The summed E-state index contributed by atoms with van der Waals surface area (Å²) in [5, 5.41) is 1.62. The Kier molecular flexibility index (Phi) is 8.26. The van der Waals surface area contributed by atoms with Crippen LogP contribution < -0.4 is 19.1 Å². The average Bonchev–Trinajstić information content (AvgIpc) is 3.72. The van der Waals surface area contributed by atoms with E-state index >= 15 is 4.39 Å². The molecule has 2 aromatic heterocycles. The van der Waals surface area contributed by atoms with Gasteiger partial charge in [0.25, 0.3) is 0 Å². The number of rotatable bonds is 7. The number of carbonyl (C=O) groups excluding carboxylic acids is 1. The van der Waals surface area contributed by atoms with Crippen LogP contribution >= 0.6 is 0 Å². The Bertz CT molecular complexity index is 2100. The van der Waals surface area contributed by atoms with Crippen LogP contribution in [0.1, 0.15) is 52.9 Å². The van der Waals surface area contributed by atoms with Crippen molar-refractivity contribution < 1.29 is 37.3 Å². The van der Waals surface area contributed by atoms with Crippen LogP contribution in [0, 0.1) is 5.82 Å². The molecule has 14 heteroatoms. The first kappa shape index (κ1) is 34.2. The first-order chi connectivity index (χ1) is 25.5. The maximum atomic E-state index is 15.6. The number of amides is 1. The molecule has 5 aliphatic heterocycles. The fourth-order valence-corrected chi connectivity index (χ4v) is 9.26. The number of fused-ring (bicyclic) bond motifs is 7. The number of hydrogen-bond donors (Lipinski definition) is 0. The third-order valence-electron chi connectivity index (χ3n) is 11.4. The lowest BCUT2D eigenvalue weighted by Crippen LogP contribution is -2.63. The Balaban J connectivity index is 1.17. The zero-order chi connectivity index (χ0) is 36.6. The second kappa shape index (κ2) is 12.8. The maximum absolute atomic E-state index is 15.6. The maximum Gasteiger partial charge on any atom is 0.410 e. The number of nitrogens with zero attached hydrogens (tertiary/aromatic N) is 6. The molecule has 4 saturated heterocycles. The molecule has 1 amide bonds. The van der Waals surface area contributed by atoms with Gasteiger partial charge < -0.3 is 28.6 Å². The summed E-state index contributed by atoms with van der Waals surface area (Å²) >= 11 is 0. The molecule has 4 aromatic rings. The molecular formula is C39H44F2N6O6. The first-order valence-electron chi connectivity index (χ1n) is 18.5. The molecule has 5 atom stereocenters. The fraction of sp³-hybridized carbons (Fsp3) is 0.538. The lowest BCUT2D eigenvalue weighted by atomic mass is 9.95. The number of hydrogen-bond acceptors (Lipinski definition) is 11. The van der Waals surface area contributed by atoms with Crippen molar-refractivity contribution in [2.75, 3.05) is 51.7 Å².